The van der Waals surface area contributed by atoms with Gasteiger partial charge in [0.25, 0.3) is 0 Å². The number of fused-ring (bicyclic) bond motifs is 13. The summed E-state index contributed by atoms with van der Waals surface area (Å²) in [7, 11) is 0. The smallest absolute Gasteiger partial charge is 0.165 e. The molecule has 2 heterocycles. The molecule has 14 rings (SSSR count). The molecule has 0 bridgehead atoms. The molecule has 0 radical (unpaired) electrons. The number of hydrogen-bond donors (Lipinski definition) is 1. The fourth-order valence-electron chi connectivity index (χ4n) is 14.9. The number of amidine groups is 2. The summed E-state index contributed by atoms with van der Waals surface area (Å²) in [6.45, 7) is 0. The first-order chi connectivity index (χ1) is 33.1. The first-order valence-corrected chi connectivity index (χ1v) is 27.0. The summed E-state index contributed by atoms with van der Waals surface area (Å²) in [6, 6.07) is 30.6. The lowest BCUT2D eigenvalue weighted by Gasteiger charge is -2.38. The van der Waals surface area contributed by atoms with Crippen LogP contribution < -0.4 is 5.32 Å². The number of nitrogens with zero attached hydrogens (tertiary/aromatic N) is 2. The van der Waals surface area contributed by atoms with Crippen molar-refractivity contribution in [2.45, 2.75) is 142 Å². The third kappa shape index (κ3) is 6.37. The first kappa shape index (κ1) is 40.6. The van der Waals surface area contributed by atoms with Gasteiger partial charge in [-0.05, 0) is 132 Å². The molecule has 0 aromatic heterocycles. The molecule has 4 aromatic rings. The topological polar surface area (TPSA) is 36.8 Å². The molecule has 5 atom stereocenters. The maximum Gasteiger partial charge on any atom is 0.165 e. The molecule has 10 aliphatic rings. The minimum atomic E-state index is -0.217. The Labute approximate surface area is 401 Å². The molecule has 0 amide bonds. The van der Waals surface area contributed by atoms with Gasteiger partial charge in [0.15, 0.2) is 6.17 Å². The second-order valence-corrected chi connectivity index (χ2v) is 22.6. The lowest BCUT2D eigenvalue weighted by molar-refractivity contribution is 0.341. The molecule has 67 heavy (non-hydrogen) atoms. The van der Waals surface area contributed by atoms with E-state index in [0.29, 0.717) is 17.1 Å². The van der Waals surface area contributed by atoms with E-state index in [2.05, 4.69) is 145 Å². The van der Waals surface area contributed by atoms with Crippen LogP contribution in [0.15, 0.2) is 171 Å². The van der Waals surface area contributed by atoms with Crippen molar-refractivity contribution in [1.29, 1.82) is 0 Å². The Balaban J connectivity index is 0.842. The van der Waals surface area contributed by atoms with E-state index in [0.717, 1.165) is 36.5 Å². The molecule has 4 heteroatoms. The molecule has 334 valence electrons. The predicted molar refractivity (Wildman–Crippen MR) is 279 cm³/mol. The van der Waals surface area contributed by atoms with E-state index in [-0.39, 0.29) is 22.9 Å². The van der Waals surface area contributed by atoms with Gasteiger partial charge in [-0.15, -0.1) is 11.8 Å². The fraction of sp³-hybridized carbons (Fsp3) is 0.365. The van der Waals surface area contributed by atoms with Crippen molar-refractivity contribution in [1.82, 2.24) is 5.32 Å². The lowest BCUT2D eigenvalue weighted by Crippen LogP contribution is -2.38. The van der Waals surface area contributed by atoms with E-state index >= 15 is 0 Å². The van der Waals surface area contributed by atoms with Crippen molar-refractivity contribution >= 4 is 29.0 Å². The van der Waals surface area contributed by atoms with Gasteiger partial charge in [0.1, 0.15) is 11.7 Å². The zero-order valence-electron chi connectivity index (χ0n) is 38.8. The molecular formula is C63H61N3S. The normalized spacial score (nSPS) is 27.9. The summed E-state index contributed by atoms with van der Waals surface area (Å²) < 4.78 is 0. The van der Waals surface area contributed by atoms with Crippen LogP contribution in [0.3, 0.4) is 0 Å². The molecule has 5 unspecified atom stereocenters. The molecule has 2 fully saturated rings. The van der Waals surface area contributed by atoms with Crippen LogP contribution in [-0.4, -0.2) is 23.1 Å². The van der Waals surface area contributed by atoms with Crippen molar-refractivity contribution in [3.05, 3.63) is 201 Å². The summed E-state index contributed by atoms with van der Waals surface area (Å²) >= 11 is 2.03. The lowest BCUT2D eigenvalue weighted by atomic mass is 9.66. The van der Waals surface area contributed by atoms with Crippen LogP contribution in [0.2, 0.25) is 0 Å². The number of rotatable bonds is 5. The molecule has 0 saturated heterocycles. The van der Waals surface area contributed by atoms with E-state index in [4.69, 9.17) is 9.98 Å². The minimum absolute atomic E-state index is 0.115. The van der Waals surface area contributed by atoms with Gasteiger partial charge in [0.05, 0.1) is 0 Å². The predicted octanol–water partition coefficient (Wildman–Crippen LogP) is 15.4. The number of aliphatic imine (C=N–C) groups is 2. The van der Waals surface area contributed by atoms with Crippen LogP contribution in [-0.2, 0) is 10.8 Å². The Kier molecular flexibility index (Phi) is 9.75. The Morgan fingerprint density at radius 3 is 2.27 bits per heavy atom. The first-order valence-electron chi connectivity index (χ1n) is 26.1. The van der Waals surface area contributed by atoms with Gasteiger partial charge in [-0.3, -0.25) is 0 Å². The summed E-state index contributed by atoms with van der Waals surface area (Å²) in [5.74, 6) is 3.34. The Hall–Kier alpha value is -5.45. The summed E-state index contributed by atoms with van der Waals surface area (Å²) in [5.41, 5.74) is 21.3. The van der Waals surface area contributed by atoms with Crippen LogP contribution in [0.1, 0.15) is 159 Å². The number of benzene rings is 4. The second-order valence-electron chi connectivity index (χ2n) is 21.4. The van der Waals surface area contributed by atoms with E-state index in [9.17, 15) is 0 Å². The molecule has 2 spiro atoms. The van der Waals surface area contributed by atoms with Crippen LogP contribution in [0.4, 0.5) is 0 Å². The number of thioether (sulfide) groups is 1. The maximum absolute atomic E-state index is 5.50. The zero-order valence-corrected chi connectivity index (χ0v) is 39.6. The quantitative estimate of drug-likeness (QED) is 0.203. The van der Waals surface area contributed by atoms with Crippen LogP contribution >= 0.6 is 11.8 Å². The number of hydrogen-bond acceptors (Lipinski definition) is 4. The van der Waals surface area contributed by atoms with Crippen LogP contribution in [0.5, 0.6) is 0 Å². The fourth-order valence-corrected chi connectivity index (χ4v) is 16.3. The summed E-state index contributed by atoms with van der Waals surface area (Å²) in [6.07, 6.45) is 44.2. The maximum atomic E-state index is 5.50. The van der Waals surface area contributed by atoms with Crippen molar-refractivity contribution in [2.24, 2.45) is 15.9 Å². The zero-order chi connectivity index (χ0) is 44.1. The Morgan fingerprint density at radius 2 is 1.45 bits per heavy atom. The SMILES string of the molecule is C1=CCCC(C2CC=C(C3N=C(c4ccccc4)NC(c4cccc5c4SC4C=CC(c6cccc7c6-c6cc8c(cc6C76CCCCC6)C6CC=CC=C6C86CCCCC6)=CC54)=N3)CC2)=C1. The van der Waals surface area contributed by atoms with E-state index < -0.39 is 0 Å². The summed E-state index contributed by atoms with van der Waals surface area (Å²) in [5, 5.41) is 4.13. The van der Waals surface area contributed by atoms with Crippen LogP contribution in [0.25, 0.3) is 16.7 Å². The molecule has 2 saturated carbocycles. The molecular weight excluding hydrogens is 831 g/mol. The van der Waals surface area contributed by atoms with Gasteiger partial charge in [-0.2, -0.15) is 0 Å². The highest BCUT2D eigenvalue weighted by Gasteiger charge is 2.52. The van der Waals surface area contributed by atoms with Gasteiger partial charge in [-0.1, -0.05) is 183 Å². The molecule has 4 aromatic carbocycles. The highest BCUT2D eigenvalue weighted by Crippen LogP contribution is 2.64. The van der Waals surface area contributed by atoms with Gasteiger partial charge in [0.2, 0.25) is 0 Å². The average Bonchev–Trinajstić information content (AvgIpc) is 4.00. The van der Waals surface area contributed by atoms with Crippen molar-refractivity contribution < 1.29 is 0 Å². The van der Waals surface area contributed by atoms with E-state index in [1.165, 1.54) is 116 Å². The number of nitrogens with one attached hydrogen (secondary N) is 1. The van der Waals surface area contributed by atoms with Crippen molar-refractivity contribution in [3.63, 3.8) is 0 Å². The van der Waals surface area contributed by atoms with E-state index in [1.807, 2.05) is 11.8 Å². The van der Waals surface area contributed by atoms with Crippen molar-refractivity contribution in [2.75, 3.05) is 0 Å². The molecule has 8 aliphatic carbocycles. The minimum Gasteiger partial charge on any atom is -0.324 e. The molecule has 1 N–H and O–H groups in total. The summed E-state index contributed by atoms with van der Waals surface area (Å²) in [4.78, 5) is 12.2. The van der Waals surface area contributed by atoms with Crippen molar-refractivity contribution in [3.8, 4) is 11.1 Å². The standard InChI is InChI=1S/C63H61N3S/c1-5-17-40(18-6-1)41-27-29-43(30-28-41)60-64-59(42-19-7-2-8-20-42)65-61(66-60)48-24-15-23-47-50-37-44(31-32-56(50)67-58(47)48)45-22-16-26-53-57(45)51-39-54-49(38-55(51)63(53)35-13-4-14-36-63)46-21-9-10-25-52(46)62(54)33-11-3-12-34-62/h1-2,5,7-10,15-17,19-20,22-26,29,31-32,37-39,41,46,50,56,60H,3-4,6,11-14,18,21,27-28,30,33-36H2,(H,64,65,66). The monoisotopic (exact) mass is 891 g/mol. The molecule has 2 aliphatic heterocycles. The highest BCUT2D eigenvalue weighted by molar-refractivity contribution is 8.00. The Morgan fingerprint density at radius 1 is 0.642 bits per heavy atom. The van der Waals surface area contributed by atoms with Crippen LogP contribution in [0, 0.1) is 5.92 Å². The average molecular weight is 892 g/mol. The third-order valence-electron chi connectivity index (χ3n) is 18.1. The third-order valence-corrected chi connectivity index (χ3v) is 19.5. The van der Waals surface area contributed by atoms with E-state index in [1.54, 1.807) is 44.5 Å². The number of allylic oxidation sites excluding steroid dienone is 12. The largest absolute Gasteiger partial charge is 0.324 e. The van der Waals surface area contributed by atoms with Gasteiger partial charge >= 0.3 is 0 Å². The molecule has 3 nitrogen and oxygen atoms in total. The second kappa shape index (κ2) is 16.1. The van der Waals surface area contributed by atoms with Gasteiger partial charge < -0.3 is 5.32 Å². The highest BCUT2D eigenvalue weighted by atomic mass is 32.2. The Bertz CT molecular complexity index is 3010. The van der Waals surface area contributed by atoms with Gasteiger partial charge in [-0.25, -0.2) is 9.98 Å². The van der Waals surface area contributed by atoms with Gasteiger partial charge in [0, 0.05) is 43.9 Å².